The van der Waals surface area contributed by atoms with Crippen LogP contribution in [0.15, 0.2) is 18.2 Å². The van der Waals surface area contributed by atoms with E-state index in [4.69, 9.17) is 9.47 Å². The van der Waals surface area contributed by atoms with Crippen molar-refractivity contribution in [3.8, 4) is 11.5 Å². The number of nitrogens with zero attached hydrogens (tertiary/aromatic N) is 4. The molecule has 136 valence electrons. The highest BCUT2D eigenvalue weighted by molar-refractivity contribution is 5.88. The second-order valence-electron chi connectivity index (χ2n) is 6.29. The van der Waals surface area contributed by atoms with E-state index in [0.29, 0.717) is 23.9 Å². The summed E-state index contributed by atoms with van der Waals surface area (Å²) in [5.74, 6) is 2.36. The van der Waals surface area contributed by atoms with Gasteiger partial charge in [-0.1, -0.05) is 6.07 Å². The Labute approximate surface area is 149 Å². The summed E-state index contributed by atoms with van der Waals surface area (Å²) in [6, 6.07) is 4.82. The number of aromatic nitrogens is 3. The molecular weight excluding hydrogens is 338 g/mol. The van der Waals surface area contributed by atoms with Crippen LogP contribution in [0.5, 0.6) is 11.5 Å². The maximum Gasteiger partial charge on any atom is 0.244 e. The van der Waals surface area contributed by atoms with Gasteiger partial charge in [-0.25, -0.2) is 0 Å². The molecule has 1 unspecified atom stereocenters. The van der Waals surface area contributed by atoms with Crippen LogP contribution >= 0.6 is 0 Å². The van der Waals surface area contributed by atoms with E-state index in [2.05, 4.69) is 15.5 Å². The highest BCUT2D eigenvalue weighted by Gasteiger charge is 2.35. The molecule has 0 bridgehead atoms. The molecule has 1 aromatic carbocycles. The lowest BCUT2D eigenvalue weighted by atomic mass is 10.1. The van der Waals surface area contributed by atoms with Gasteiger partial charge in [0.05, 0.1) is 19.5 Å². The summed E-state index contributed by atoms with van der Waals surface area (Å²) in [5.41, 5.74) is 0.804. The number of amides is 2. The van der Waals surface area contributed by atoms with Gasteiger partial charge in [0.1, 0.15) is 11.9 Å². The van der Waals surface area contributed by atoms with E-state index in [1.54, 1.807) is 24.1 Å². The summed E-state index contributed by atoms with van der Waals surface area (Å²) < 4.78 is 12.5. The predicted molar refractivity (Wildman–Crippen MR) is 89.4 cm³/mol. The van der Waals surface area contributed by atoms with Crippen molar-refractivity contribution in [3.05, 3.63) is 35.4 Å². The zero-order valence-corrected chi connectivity index (χ0v) is 14.6. The summed E-state index contributed by atoms with van der Waals surface area (Å²) in [5, 5.41) is 10.8. The molecular formula is C17H19N5O4. The van der Waals surface area contributed by atoms with Gasteiger partial charge in [0.25, 0.3) is 0 Å². The van der Waals surface area contributed by atoms with Gasteiger partial charge in [0.2, 0.25) is 18.6 Å². The molecule has 0 saturated heterocycles. The van der Waals surface area contributed by atoms with Crippen molar-refractivity contribution in [1.29, 1.82) is 0 Å². The van der Waals surface area contributed by atoms with Crippen LogP contribution < -0.4 is 14.8 Å². The summed E-state index contributed by atoms with van der Waals surface area (Å²) in [7, 11) is 1.57. The largest absolute Gasteiger partial charge is 0.454 e. The molecule has 3 heterocycles. The van der Waals surface area contributed by atoms with Crippen LogP contribution in [0.2, 0.25) is 0 Å². The standard InChI is InChI=1S/C17H19N5O4/c1-10-19-20-15-8-22(12(7-21(10)15)17(24)18-2)16(23)6-11-3-4-13-14(5-11)26-9-25-13/h3-5,12H,6-9H2,1-2H3,(H,18,24). The minimum absolute atomic E-state index is 0.149. The zero-order valence-electron chi connectivity index (χ0n) is 14.6. The molecule has 1 atom stereocenters. The third-order valence-electron chi connectivity index (χ3n) is 4.72. The lowest BCUT2D eigenvalue weighted by Gasteiger charge is -2.35. The minimum Gasteiger partial charge on any atom is -0.454 e. The number of rotatable bonds is 3. The first-order valence-electron chi connectivity index (χ1n) is 8.35. The monoisotopic (exact) mass is 357 g/mol. The van der Waals surface area contributed by atoms with Gasteiger partial charge in [-0.3, -0.25) is 9.59 Å². The Balaban J connectivity index is 1.57. The lowest BCUT2D eigenvalue weighted by molar-refractivity contribution is -0.142. The topological polar surface area (TPSA) is 98.6 Å². The molecule has 2 amide bonds. The average Bonchev–Trinajstić information content (AvgIpc) is 3.26. The number of ether oxygens (including phenoxy) is 2. The molecule has 2 aliphatic heterocycles. The molecule has 4 rings (SSSR count). The highest BCUT2D eigenvalue weighted by Crippen LogP contribution is 2.33. The first kappa shape index (κ1) is 16.4. The van der Waals surface area contributed by atoms with Crippen LogP contribution in [0, 0.1) is 6.92 Å². The van der Waals surface area contributed by atoms with Gasteiger partial charge in [0, 0.05) is 7.05 Å². The summed E-state index contributed by atoms with van der Waals surface area (Å²) >= 11 is 0. The number of carbonyl (C=O) groups excluding carboxylic acids is 2. The van der Waals surface area contributed by atoms with Crippen LogP contribution in [0.4, 0.5) is 0 Å². The van der Waals surface area contributed by atoms with Crippen molar-refractivity contribution in [1.82, 2.24) is 25.0 Å². The van der Waals surface area contributed by atoms with Crippen LogP contribution in [-0.4, -0.2) is 51.4 Å². The van der Waals surface area contributed by atoms with Crippen molar-refractivity contribution in [2.45, 2.75) is 32.5 Å². The van der Waals surface area contributed by atoms with E-state index in [-0.39, 0.29) is 31.6 Å². The first-order valence-corrected chi connectivity index (χ1v) is 8.35. The van der Waals surface area contributed by atoms with Gasteiger partial charge in [0.15, 0.2) is 17.3 Å². The SMILES string of the molecule is CNC(=O)C1Cn2c(C)nnc2CN1C(=O)Cc1ccc2c(c1)OCO2. The fraction of sp³-hybridized carbons (Fsp3) is 0.412. The maximum atomic E-state index is 12.9. The van der Waals surface area contributed by atoms with Crippen LogP contribution in [0.3, 0.4) is 0 Å². The minimum atomic E-state index is -0.594. The highest BCUT2D eigenvalue weighted by atomic mass is 16.7. The van der Waals surface area contributed by atoms with E-state index in [0.717, 1.165) is 11.4 Å². The van der Waals surface area contributed by atoms with Gasteiger partial charge < -0.3 is 24.3 Å². The number of aryl methyl sites for hydroxylation is 1. The molecule has 0 fully saturated rings. The van der Waals surface area contributed by atoms with E-state index >= 15 is 0 Å². The third-order valence-corrected chi connectivity index (χ3v) is 4.72. The Bertz CT molecular complexity index is 878. The number of hydrogen-bond acceptors (Lipinski definition) is 6. The van der Waals surface area contributed by atoms with E-state index in [9.17, 15) is 9.59 Å². The number of nitrogens with one attached hydrogen (secondary N) is 1. The second-order valence-corrected chi connectivity index (χ2v) is 6.29. The Kier molecular flexibility index (Phi) is 3.98. The molecule has 2 aromatic rings. The summed E-state index contributed by atoms with van der Waals surface area (Å²) in [6.45, 7) is 2.62. The molecule has 0 aliphatic carbocycles. The lowest BCUT2D eigenvalue weighted by Crippen LogP contribution is -2.54. The van der Waals surface area contributed by atoms with Gasteiger partial charge >= 0.3 is 0 Å². The molecule has 2 aliphatic rings. The number of benzene rings is 1. The molecule has 26 heavy (non-hydrogen) atoms. The third kappa shape index (κ3) is 2.75. The second kappa shape index (κ2) is 6.32. The normalized spacial score (nSPS) is 17.8. The average molecular weight is 357 g/mol. The zero-order chi connectivity index (χ0) is 18.3. The number of hydrogen-bond donors (Lipinski definition) is 1. The Morgan fingerprint density at radius 2 is 2.08 bits per heavy atom. The van der Waals surface area contributed by atoms with Crippen molar-refractivity contribution >= 4 is 11.8 Å². The van der Waals surface area contributed by atoms with Crippen LogP contribution in [0.1, 0.15) is 17.2 Å². The smallest absolute Gasteiger partial charge is 0.244 e. The Morgan fingerprint density at radius 3 is 2.88 bits per heavy atom. The van der Waals surface area contributed by atoms with Crippen LogP contribution in [-0.2, 0) is 29.1 Å². The summed E-state index contributed by atoms with van der Waals surface area (Å²) in [4.78, 5) is 26.8. The fourth-order valence-electron chi connectivity index (χ4n) is 3.29. The van der Waals surface area contributed by atoms with E-state index < -0.39 is 6.04 Å². The Morgan fingerprint density at radius 1 is 1.27 bits per heavy atom. The number of fused-ring (bicyclic) bond motifs is 2. The van der Waals surface area contributed by atoms with Gasteiger partial charge in [-0.2, -0.15) is 0 Å². The molecule has 0 radical (unpaired) electrons. The number of carbonyl (C=O) groups is 2. The Hall–Kier alpha value is -3.10. The molecule has 1 N–H and O–H groups in total. The molecule has 0 saturated carbocycles. The van der Waals surface area contributed by atoms with Crippen molar-refractivity contribution < 1.29 is 19.1 Å². The number of likely N-dealkylation sites (N-methyl/N-ethyl adjacent to an activating group) is 1. The predicted octanol–water partition coefficient (Wildman–Crippen LogP) is 0.0147. The molecule has 9 heteroatoms. The summed E-state index contributed by atoms with van der Waals surface area (Å²) in [6.07, 6.45) is 0.164. The first-order chi connectivity index (χ1) is 12.6. The maximum absolute atomic E-state index is 12.9. The van der Waals surface area contributed by atoms with Gasteiger partial charge in [-0.15, -0.1) is 10.2 Å². The molecule has 9 nitrogen and oxygen atoms in total. The van der Waals surface area contributed by atoms with E-state index in [1.807, 2.05) is 17.6 Å². The van der Waals surface area contributed by atoms with Crippen molar-refractivity contribution in [2.24, 2.45) is 0 Å². The quantitative estimate of drug-likeness (QED) is 0.831. The van der Waals surface area contributed by atoms with Crippen LogP contribution in [0.25, 0.3) is 0 Å². The van der Waals surface area contributed by atoms with Crippen molar-refractivity contribution in [3.63, 3.8) is 0 Å². The fourth-order valence-corrected chi connectivity index (χ4v) is 3.29. The van der Waals surface area contributed by atoms with E-state index in [1.165, 1.54) is 0 Å². The van der Waals surface area contributed by atoms with Gasteiger partial charge in [-0.05, 0) is 24.6 Å². The van der Waals surface area contributed by atoms with Crippen molar-refractivity contribution in [2.75, 3.05) is 13.8 Å². The molecule has 0 spiro atoms. The molecule has 1 aromatic heterocycles.